The molecule has 0 amide bonds. The highest BCUT2D eigenvalue weighted by molar-refractivity contribution is 7.80. The van der Waals surface area contributed by atoms with Crippen LogP contribution >= 0.6 is 24.2 Å². The lowest BCUT2D eigenvalue weighted by molar-refractivity contribution is 0.340. The number of thiol groups is 1. The lowest BCUT2D eigenvalue weighted by Crippen LogP contribution is -2.09. The molecule has 0 aliphatic heterocycles. The van der Waals surface area contributed by atoms with Gasteiger partial charge in [0.25, 0.3) is 0 Å². The molecule has 0 aliphatic carbocycles. The SMILES string of the molecule is CCOc1ccc(C(S)NC)cc1Cl. The number of rotatable bonds is 4. The lowest BCUT2D eigenvalue weighted by atomic mass is 10.2. The van der Waals surface area contributed by atoms with Gasteiger partial charge in [0.1, 0.15) is 5.75 Å². The zero-order valence-corrected chi connectivity index (χ0v) is 9.90. The van der Waals surface area contributed by atoms with Gasteiger partial charge in [0.05, 0.1) is 17.0 Å². The van der Waals surface area contributed by atoms with Crippen molar-refractivity contribution in [3.8, 4) is 5.75 Å². The van der Waals surface area contributed by atoms with Crippen molar-refractivity contribution in [1.29, 1.82) is 0 Å². The molecule has 0 saturated heterocycles. The van der Waals surface area contributed by atoms with Crippen molar-refractivity contribution in [3.63, 3.8) is 0 Å². The van der Waals surface area contributed by atoms with Crippen LogP contribution in [0.4, 0.5) is 0 Å². The average Bonchev–Trinajstić information content (AvgIpc) is 2.20. The minimum atomic E-state index is 0.00294. The number of hydrogen-bond donors (Lipinski definition) is 2. The normalized spacial score (nSPS) is 12.6. The molecule has 0 spiro atoms. The zero-order chi connectivity index (χ0) is 10.6. The van der Waals surface area contributed by atoms with E-state index < -0.39 is 0 Å². The van der Waals surface area contributed by atoms with E-state index in [2.05, 4.69) is 17.9 Å². The van der Waals surface area contributed by atoms with Crippen LogP contribution in [0.1, 0.15) is 17.9 Å². The number of ether oxygens (including phenoxy) is 1. The van der Waals surface area contributed by atoms with Crippen molar-refractivity contribution in [2.75, 3.05) is 13.7 Å². The average molecular weight is 232 g/mol. The molecule has 4 heteroatoms. The maximum absolute atomic E-state index is 6.02. The number of hydrogen-bond acceptors (Lipinski definition) is 3. The van der Waals surface area contributed by atoms with E-state index in [1.807, 2.05) is 32.2 Å². The third-order valence-electron chi connectivity index (χ3n) is 1.84. The van der Waals surface area contributed by atoms with E-state index in [0.29, 0.717) is 11.6 Å². The lowest BCUT2D eigenvalue weighted by Gasteiger charge is -2.12. The first-order chi connectivity index (χ1) is 6.69. The summed E-state index contributed by atoms with van der Waals surface area (Å²) in [5.41, 5.74) is 1.03. The minimum Gasteiger partial charge on any atom is -0.492 e. The first-order valence-corrected chi connectivity index (χ1v) is 5.36. The van der Waals surface area contributed by atoms with Crippen LogP contribution in [0.3, 0.4) is 0 Å². The van der Waals surface area contributed by atoms with Gasteiger partial charge in [-0.25, -0.2) is 0 Å². The van der Waals surface area contributed by atoms with Crippen LogP contribution in [-0.2, 0) is 0 Å². The van der Waals surface area contributed by atoms with Gasteiger partial charge in [0.15, 0.2) is 0 Å². The van der Waals surface area contributed by atoms with Gasteiger partial charge < -0.3 is 10.1 Å². The van der Waals surface area contributed by atoms with Gasteiger partial charge in [-0.15, -0.1) is 0 Å². The second-order valence-corrected chi connectivity index (χ2v) is 3.74. The summed E-state index contributed by atoms with van der Waals surface area (Å²) in [6.07, 6.45) is 0. The summed E-state index contributed by atoms with van der Waals surface area (Å²) in [5, 5.41) is 3.65. The summed E-state index contributed by atoms with van der Waals surface area (Å²) in [6, 6.07) is 5.67. The summed E-state index contributed by atoms with van der Waals surface area (Å²) in [5.74, 6) is 0.717. The van der Waals surface area contributed by atoms with Crippen LogP contribution in [0.2, 0.25) is 5.02 Å². The Morgan fingerprint density at radius 3 is 2.79 bits per heavy atom. The van der Waals surface area contributed by atoms with Crippen molar-refractivity contribution >= 4 is 24.2 Å². The fraction of sp³-hybridized carbons (Fsp3) is 0.400. The Balaban J connectivity index is 2.88. The Kier molecular flexibility index (Phi) is 4.58. The number of benzene rings is 1. The topological polar surface area (TPSA) is 21.3 Å². The van der Waals surface area contributed by atoms with Gasteiger partial charge >= 0.3 is 0 Å². The van der Waals surface area contributed by atoms with Crippen molar-refractivity contribution in [1.82, 2.24) is 5.32 Å². The van der Waals surface area contributed by atoms with Crippen LogP contribution in [-0.4, -0.2) is 13.7 Å². The quantitative estimate of drug-likeness (QED) is 0.614. The van der Waals surface area contributed by atoms with Gasteiger partial charge in [-0.3, -0.25) is 0 Å². The fourth-order valence-corrected chi connectivity index (χ4v) is 1.53. The molecule has 0 heterocycles. The van der Waals surface area contributed by atoms with E-state index in [0.717, 1.165) is 11.3 Å². The molecule has 0 fully saturated rings. The third-order valence-corrected chi connectivity index (χ3v) is 2.70. The predicted octanol–water partition coefficient (Wildman–Crippen LogP) is 2.89. The van der Waals surface area contributed by atoms with Crippen LogP contribution in [0, 0.1) is 0 Å². The molecule has 2 nitrogen and oxygen atoms in total. The molecule has 0 aliphatic rings. The number of halogens is 1. The van der Waals surface area contributed by atoms with Crippen LogP contribution in [0.15, 0.2) is 18.2 Å². The molecule has 1 unspecified atom stereocenters. The highest BCUT2D eigenvalue weighted by Gasteiger charge is 2.07. The summed E-state index contributed by atoms with van der Waals surface area (Å²) >= 11 is 10.4. The predicted molar refractivity (Wildman–Crippen MR) is 63.4 cm³/mol. The third kappa shape index (κ3) is 2.80. The fourth-order valence-electron chi connectivity index (χ4n) is 1.13. The standard InChI is InChI=1S/C10H14ClNOS/c1-3-13-9-5-4-7(6-8(9)11)10(14)12-2/h4-6,10,12,14H,3H2,1-2H3. The molecule has 0 aromatic heterocycles. The van der Waals surface area contributed by atoms with Crippen molar-refractivity contribution in [2.45, 2.75) is 12.3 Å². The van der Waals surface area contributed by atoms with Gasteiger partial charge in [0, 0.05) is 0 Å². The monoisotopic (exact) mass is 231 g/mol. The Bertz CT molecular complexity index is 306. The van der Waals surface area contributed by atoms with Crippen molar-refractivity contribution in [3.05, 3.63) is 28.8 Å². The first-order valence-electron chi connectivity index (χ1n) is 4.46. The van der Waals surface area contributed by atoms with E-state index >= 15 is 0 Å². The molecule has 1 atom stereocenters. The summed E-state index contributed by atoms with van der Waals surface area (Å²) < 4.78 is 5.33. The Morgan fingerprint density at radius 1 is 1.57 bits per heavy atom. The largest absolute Gasteiger partial charge is 0.492 e. The molecule has 1 aromatic rings. The van der Waals surface area contributed by atoms with E-state index in [4.69, 9.17) is 16.3 Å². The molecule has 0 saturated carbocycles. The molecule has 1 N–H and O–H groups in total. The molecule has 14 heavy (non-hydrogen) atoms. The second-order valence-electron chi connectivity index (χ2n) is 2.81. The van der Waals surface area contributed by atoms with Gasteiger partial charge in [-0.1, -0.05) is 17.7 Å². The van der Waals surface area contributed by atoms with Crippen molar-refractivity contribution in [2.24, 2.45) is 0 Å². The molecule has 0 bridgehead atoms. The van der Waals surface area contributed by atoms with E-state index in [9.17, 15) is 0 Å². The Hall–Kier alpha value is -0.380. The van der Waals surface area contributed by atoms with Gasteiger partial charge in [0.2, 0.25) is 0 Å². The van der Waals surface area contributed by atoms with E-state index in [1.54, 1.807) is 0 Å². The summed E-state index contributed by atoms with van der Waals surface area (Å²) in [6.45, 7) is 2.55. The van der Waals surface area contributed by atoms with Gasteiger partial charge in [-0.2, -0.15) is 12.6 Å². The summed E-state index contributed by atoms with van der Waals surface area (Å²) in [7, 11) is 1.85. The zero-order valence-electron chi connectivity index (χ0n) is 8.25. The van der Waals surface area contributed by atoms with E-state index in [-0.39, 0.29) is 5.37 Å². The smallest absolute Gasteiger partial charge is 0.137 e. The molecule has 1 rings (SSSR count). The van der Waals surface area contributed by atoms with Crippen LogP contribution in [0.5, 0.6) is 5.75 Å². The maximum atomic E-state index is 6.02. The summed E-state index contributed by atoms with van der Waals surface area (Å²) in [4.78, 5) is 0. The highest BCUT2D eigenvalue weighted by atomic mass is 35.5. The molecule has 78 valence electrons. The maximum Gasteiger partial charge on any atom is 0.137 e. The Labute approximate surface area is 95.0 Å². The molecular formula is C10H14ClNOS. The van der Waals surface area contributed by atoms with E-state index in [1.165, 1.54) is 0 Å². The first kappa shape index (κ1) is 11.7. The van der Waals surface area contributed by atoms with Crippen LogP contribution < -0.4 is 10.1 Å². The van der Waals surface area contributed by atoms with Crippen molar-refractivity contribution < 1.29 is 4.74 Å². The number of nitrogens with one attached hydrogen (secondary N) is 1. The Morgan fingerprint density at radius 2 is 2.29 bits per heavy atom. The molecular weight excluding hydrogens is 218 g/mol. The molecule has 1 aromatic carbocycles. The second kappa shape index (κ2) is 5.49. The van der Waals surface area contributed by atoms with Crippen LogP contribution in [0.25, 0.3) is 0 Å². The van der Waals surface area contributed by atoms with Gasteiger partial charge in [-0.05, 0) is 31.7 Å². The highest BCUT2D eigenvalue weighted by Crippen LogP contribution is 2.28. The minimum absolute atomic E-state index is 0.00294. The molecule has 0 radical (unpaired) electrons.